The second-order valence-corrected chi connectivity index (χ2v) is 23.4. The van der Waals surface area contributed by atoms with Gasteiger partial charge in [-0.3, -0.25) is 0 Å². The topological polar surface area (TPSA) is 40.5 Å². The van der Waals surface area contributed by atoms with Crippen LogP contribution in [0.1, 0.15) is 187 Å². The van der Waals surface area contributed by atoms with Gasteiger partial charge in [0.2, 0.25) is 0 Å². The van der Waals surface area contributed by atoms with Crippen LogP contribution < -0.4 is 0 Å². The van der Waals surface area contributed by atoms with Gasteiger partial charge in [-0.2, -0.15) is 23.5 Å². The standard InChI is InChI=1S/C50H70O2S2/c51-45-39(27-41(47-15-7-35(31-47)8-16-47)29-43(45)49-19-11-37(33-49)12-20-49)5-3-25-53-23-1-2-24-54-26-4-6-40-28-42(48-17-9-36(32-48)10-18-48)30-44(46(40)52)50-21-13-38(34-50)14-22-50/h27-30,35-38,51-52H,1-26,31-34H2. The number of aromatic hydroxyl groups is 2. The number of benzene rings is 2. The Hall–Kier alpha value is -1.26. The van der Waals surface area contributed by atoms with Gasteiger partial charge in [-0.1, -0.05) is 24.3 Å². The molecule has 2 aromatic carbocycles. The van der Waals surface area contributed by atoms with Gasteiger partial charge in [-0.25, -0.2) is 0 Å². The van der Waals surface area contributed by atoms with E-state index in [0.29, 0.717) is 22.3 Å². The van der Waals surface area contributed by atoms with Crippen molar-refractivity contribution in [1.82, 2.24) is 0 Å². The Balaban J connectivity index is 0.679. The van der Waals surface area contributed by atoms with Crippen LogP contribution in [-0.4, -0.2) is 33.2 Å². The summed E-state index contributed by atoms with van der Waals surface area (Å²) in [7, 11) is 0. The van der Waals surface area contributed by atoms with Gasteiger partial charge in [0.1, 0.15) is 11.5 Å². The van der Waals surface area contributed by atoms with E-state index in [2.05, 4.69) is 47.8 Å². The van der Waals surface area contributed by atoms with Crippen LogP contribution >= 0.6 is 23.5 Å². The number of rotatable bonds is 17. The number of aryl methyl sites for hydroxylation is 2. The summed E-state index contributed by atoms with van der Waals surface area (Å²) >= 11 is 4.28. The van der Waals surface area contributed by atoms with Gasteiger partial charge in [-0.05, 0) is 258 Å². The number of fused-ring (bicyclic) bond motifs is 8. The number of phenolic OH excluding ortho intramolecular Hbond substituents is 2. The molecule has 0 heterocycles. The molecule has 8 aliphatic carbocycles. The first-order valence-electron chi connectivity index (χ1n) is 23.3. The molecule has 0 atom stereocenters. The van der Waals surface area contributed by atoms with E-state index in [1.54, 1.807) is 11.1 Å². The Bertz CT molecular complexity index is 1540. The van der Waals surface area contributed by atoms with Crippen LogP contribution in [0.15, 0.2) is 24.3 Å². The summed E-state index contributed by atoms with van der Waals surface area (Å²) in [4.78, 5) is 0. The summed E-state index contributed by atoms with van der Waals surface area (Å²) in [5.41, 5.74) is 9.90. The molecule has 0 unspecified atom stereocenters. The van der Waals surface area contributed by atoms with Gasteiger partial charge in [0.25, 0.3) is 0 Å². The zero-order valence-corrected chi connectivity index (χ0v) is 35.2. The predicted molar refractivity (Wildman–Crippen MR) is 230 cm³/mol. The van der Waals surface area contributed by atoms with E-state index >= 15 is 0 Å². The summed E-state index contributed by atoms with van der Waals surface area (Å²) < 4.78 is 0. The van der Waals surface area contributed by atoms with Crippen LogP contribution in [0.4, 0.5) is 0 Å². The van der Waals surface area contributed by atoms with E-state index < -0.39 is 0 Å². The van der Waals surface area contributed by atoms with E-state index in [9.17, 15) is 10.2 Å². The second kappa shape index (κ2) is 14.8. The molecule has 2 nitrogen and oxygen atoms in total. The van der Waals surface area contributed by atoms with Crippen LogP contribution in [0.25, 0.3) is 0 Å². The monoisotopic (exact) mass is 766 g/mol. The third-order valence-corrected chi connectivity index (χ3v) is 20.3. The Morgan fingerprint density at radius 2 is 0.741 bits per heavy atom. The third kappa shape index (κ3) is 6.62. The van der Waals surface area contributed by atoms with Gasteiger partial charge in [0, 0.05) is 11.1 Å². The third-order valence-electron chi connectivity index (χ3n) is 18.0. The number of hydrogen-bond donors (Lipinski definition) is 2. The molecule has 54 heavy (non-hydrogen) atoms. The Kier molecular flexibility index (Phi) is 10.2. The molecular weight excluding hydrogens is 697 g/mol. The number of phenols is 2. The molecule has 8 aliphatic rings. The van der Waals surface area contributed by atoms with Crippen molar-refractivity contribution in [3.8, 4) is 11.5 Å². The lowest BCUT2D eigenvalue weighted by Crippen LogP contribution is -2.24. The van der Waals surface area contributed by atoms with E-state index in [1.165, 1.54) is 199 Å². The number of hydrogen-bond acceptors (Lipinski definition) is 4. The highest BCUT2D eigenvalue weighted by Gasteiger charge is 2.52. The maximum Gasteiger partial charge on any atom is 0.122 e. The summed E-state index contributed by atoms with van der Waals surface area (Å²) in [6, 6.07) is 10.1. The van der Waals surface area contributed by atoms with Crippen molar-refractivity contribution in [2.45, 2.75) is 189 Å². The van der Waals surface area contributed by atoms with Crippen molar-refractivity contribution in [3.05, 3.63) is 57.6 Å². The van der Waals surface area contributed by atoms with Gasteiger partial charge >= 0.3 is 0 Å². The van der Waals surface area contributed by atoms with Crippen LogP contribution in [-0.2, 0) is 34.5 Å². The minimum Gasteiger partial charge on any atom is -0.507 e. The molecule has 0 aromatic heterocycles. The lowest BCUT2D eigenvalue weighted by molar-refractivity contribution is 0.380. The molecule has 0 radical (unpaired) electrons. The fourth-order valence-electron chi connectivity index (χ4n) is 14.9. The molecule has 2 N–H and O–H groups in total. The van der Waals surface area contributed by atoms with Crippen LogP contribution in [0.5, 0.6) is 11.5 Å². The highest BCUT2D eigenvalue weighted by molar-refractivity contribution is 7.99. The highest BCUT2D eigenvalue weighted by Crippen LogP contribution is 2.62. The Labute approximate surface area is 336 Å². The van der Waals surface area contributed by atoms with Crippen LogP contribution in [0.2, 0.25) is 0 Å². The number of thioether (sulfide) groups is 2. The van der Waals surface area contributed by atoms with Crippen molar-refractivity contribution in [3.63, 3.8) is 0 Å². The van der Waals surface area contributed by atoms with E-state index in [4.69, 9.17) is 0 Å². The molecule has 0 saturated heterocycles. The fraction of sp³-hybridized carbons (Fsp3) is 0.760. The summed E-state index contributed by atoms with van der Waals surface area (Å²) in [5.74, 6) is 10.1. The van der Waals surface area contributed by atoms with Crippen LogP contribution in [0.3, 0.4) is 0 Å². The zero-order chi connectivity index (χ0) is 36.4. The molecule has 8 saturated carbocycles. The maximum absolute atomic E-state index is 11.8. The molecule has 10 rings (SSSR count). The van der Waals surface area contributed by atoms with E-state index in [1.807, 2.05) is 0 Å². The van der Waals surface area contributed by atoms with Gasteiger partial charge in [-0.15, -0.1) is 0 Å². The van der Waals surface area contributed by atoms with Crippen LogP contribution in [0, 0.1) is 23.7 Å². The lowest BCUT2D eigenvalue weighted by Gasteiger charge is -2.33. The van der Waals surface area contributed by atoms with Crippen molar-refractivity contribution in [2.24, 2.45) is 23.7 Å². The molecule has 4 heteroatoms. The fourth-order valence-corrected chi connectivity index (χ4v) is 16.8. The Morgan fingerprint density at radius 3 is 1.06 bits per heavy atom. The first-order valence-corrected chi connectivity index (χ1v) is 25.6. The van der Waals surface area contributed by atoms with Gasteiger partial charge in [0.15, 0.2) is 0 Å². The molecule has 0 amide bonds. The van der Waals surface area contributed by atoms with Crippen molar-refractivity contribution < 1.29 is 10.2 Å². The van der Waals surface area contributed by atoms with Crippen molar-refractivity contribution >= 4 is 23.5 Å². The normalized spacial score (nSPS) is 37.1. The largest absolute Gasteiger partial charge is 0.507 e. The van der Waals surface area contributed by atoms with Crippen molar-refractivity contribution in [2.75, 3.05) is 23.0 Å². The van der Waals surface area contributed by atoms with E-state index in [-0.39, 0.29) is 10.8 Å². The molecule has 0 spiro atoms. The second-order valence-electron chi connectivity index (χ2n) is 20.9. The summed E-state index contributed by atoms with van der Waals surface area (Å²) in [5, 5.41) is 23.5. The maximum atomic E-state index is 11.8. The van der Waals surface area contributed by atoms with Gasteiger partial charge in [0.05, 0.1) is 0 Å². The lowest BCUT2D eigenvalue weighted by atomic mass is 9.71. The van der Waals surface area contributed by atoms with Crippen molar-refractivity contribution in [1.29, 1.82) is 0 Å². The molecular formula is C50H70O2S2. The minimum atomic E-state index is 0.277. The van der Waals surface area contributed by atoms with E-state index in [0.717, 1.165) is 36.5 Å². The zero-order valence-electron chi connectivity index (χ0n) is 33.5. The minimum absolute atomic E-state index is 0.277. The smallest absolute Gasteiger partial charge is 0.122 e. The van der Waals surface area contributed by atoms with Gasteiger partial charge < -0.3 is 10.2 Å². The molecule has 294 valence electrons. The quantitative estimate of drug-likeness (QED) is 0.157. The summed E-state index contributed by atoms with van der Waals surface area (Å²) in [6.45, 7) is 0. The number of unbranched alkanes of at least 4 members (excludes halogenated alkanes) is 1. The first kappa shape index (κ1) is 37.0. The Morgan fingerprint density at radius 1 is 0.426 bits per heavy atom. The average molecular weight is 767 g/mol. The molecule has 8 bridgehead atoms. The predicted octanol–water partition coefficient (Wildman–Crippen LogP) is 13.2. The first-order chi connectivity index (χ1) is 26.4. The molecule has 0 aliphatic heterocycles. The molecule has 2 aromatic rings. The summed E-state index contributed by atoms with van der Waals surface area (Å²) in [6.07, 6.45) is 34.5. The SMILES string of the molecule is Oc1c(CCCSCCCCSCCCc2cc(C34CCC(CC3)C4)cc(C34CCC(CC3)C4)c2O)cc(C23CCC(CC2)C3)cc1C12CCC(CC1)C2. The highest BCUT2D eigenvalue weighted by atomic mass is 32.2. The average Bonchev–Trinajstić information content (AvgIpc) is 4.07. The molecule has 8 fully saturated rings.